The SMILES string of the molecule is O=C(O)c1ccc(Sc2nnc(C3CC3)n2C2CC2)nc1. The van der Waals surface area contributed by atoms with Gasteiger partial charge in [-0.1, -0.05) is 0 Å². The third kappa shape index (κ3) is 2.53. The lowest BCUT2D eigenvalue weighted by Crippen LogP contribution is -2.02. The summed E-state index contributed by atoms with van der Waals surface area (Å²) < 4.78 is 2.26. The first kappa shape index (κ1) is 12.8. The standard InChI is InChI=1S/C14H14N4O2S/c19-13(20)9-3-6-11(15-7-9)21-14-17-16-12(8-1-2-8)18(14)10-4-5-10/h3,6-8,10H,1-2,4-5H2,(H,19,20). The normalized spacial score (nSPS) is 17.9. The molecular weight excluding hydrogens is 288 g/mol. The van der Waals surface area contributed by atoms with Crippen molar-refractivity contribution in [3.8, 4) is 0 Å². The maximum atomic E-state index is 10.8. The number of aromatic carboxylic acids is 1. The highest BCUT2D eigenvalue weighted by Gasteiger charge is 2.36. The summed E-state index contributed by atoms with van der Waals surface area (Å²) in [7, 11) is 0. The van der Waals surface area contributed by atoms with Crippen molar-refractivity contribution in [2.45, 2.75) is 47.8 Å². The minimum atomic E-state index is -0.962. The van der Waals surface area contributed by atoms with Gasteiger partial charge in [0, 0.05) is 18.2 Å². The lowest BCUT2D eigenvalue weighted by molar-refractivity contribution is 0.0696. The second-order valence-corrected chi connectivity index (χ2v) is 6.50. The number of rotatable bonds is 5. The molecule has 0 atom stereocenters. The van der Waals surface area contributed by atoms with E-state index >= 15 is 0 Å². The Kier molecular flexibility index (Phi) is 2.95. The highest BCUT2D eigenvalue weighted by Crippen LogP contribution is 2.46. The fraction of sp³-hybridized carbons (Fsp3) is 0.429. The van der Waals surface area contributed by atoms with E-state index in [0.29, 0.717) is 12.0 Å². The number of hydrogen-bond donors (Lipinski definition) is 1. The van der Waals surface area contributed by atoms with Crippen LogP contribution in [0.3, 0.4) is 0 Å². The lowest BCUT2D eigenvalue weighted by atomic mass is 10.3. The van der Waals surface area contributed by atoms with E-state index in [1.807, 2.05) is 0 Å². The van der Waals surface area contributed by atoms with Crippen LogP contribution in [0.5, 0.6) is 0 Å². The Hall–Kier alpha value is -1.89. The highest BCUT2D eigenvalue weighted by atomic mass is 32.2. The number of aromatic nitrogens is 4. The van der Waals surface area contributed by atoms with Gasteiger partial charge < -0.3 is 9.67 Å². The van der Waals surface area contributed by atoms with Gasteiger partial charge in [0.25, 0.3) is 0 Å². The van der Waals surface area contributed by atoms with Crippen molar-refractivity contribution in [1.82, 2.24) is 19.7 Å². The number of carboxylic acids is 1. The van der Waals surface area contributed by atoms with Crippen LogP contribution < -0.4 is 0 Å². The third-order valence-electron chi connectivity index (χ3n) is 3.72. The van der Waals surface area contributed by atoms with Gasteiger partial charge in [0.1, 0.15) is 10.9 Å². The van der Waals surface area contributed by atoms with Crippen LogP contribution in [0.4, 0.5) is 0 Å². The van der Waals surface area contributed by atoms with Crippen molar-refractivity contribution in [3.05, 3.63) is 29.7 Å². The number of carbonyl (C=O) groups is 1. The molecule has 2 saturated carbocycles. The van der Waals surface area contributed by atoms with Crippen LogP contribution >= 0.6 is 11.8 Å². The van der Waals surface area contributed by atoms with Crippen LogP contribution in [-0.4, -0.2) is 30.8 Å². The molecule has 2 heterocycles. The monoisotopic (exact) mass is 302 g/mol. The summed E-state index contributed by atoms with van der Waals surface area (Å²) in [6, 6.07) is 3.82. The molecule has 2 aromatic rings. The Labute approximate surface area is 125 Å². The maximum absolute atomic E-state index is 10.8. The van der Waals surface area contributed by atoms with Crippen LogP contribution in [0.1, 0.15) is 53.8 Å². The summed E-state index contributed by atoms with van der Waals surface area (Å²) in [6.07, 6.45) is 6.18. The van der Waals surface area contributed by atoms with Gasteiger partial charge in [-0.05, 0) is 49.6 Å². The summed E-state index contributed by atoms with van der Waals surface area (Å²) in [5, 5.41) is 19.2. The predicted molar refractivity (Wildman–Crippen MR) is 75.6 cm³/mol. The molecule has 2 aliphatic carbocycles. The smallest absolute Gasteiger partial charge is 0.337 e. The van der Waals surface area contributed by atoms with E-state index in [9.17, 15) is 4.79 Å². The minimum Gasteiger partial charge on any atom is -0.478 e. The highest BCUT2D eigenvalue weighted by molar-refractivity contribution is 7.99. The van der Waals surface area contributed by atoms with Crippen molar-refractivity contribution in [2.24, 2.45) is 0 Å². The van der Waals surface area contributed by atoms with E-state index in [1.54, 1.807) is 12.1 Å². The first-order valence-electron chi connectivity index (χ1n) is 7.04. The van der Waals surface area contributed by atoms with Gasteiger partial charge >= 0.3 is 5.97 Å². The largest absolute Gasteiger partial charge is 0.478 e. The number of carboxylic acid groups (broad SMARTS) is 1. The topological polar surface area (TPSA) is 80.9 Å². The Bertz CT molecular complexity index is 689. The van der Waals surface area contributed by atoms with Gasteiger partial charge in [-0.15, -0.1) is 10.2 Å². The zero-order valence-electron chi connectivity index (χ0n) is 11.3. The van der Waals surface area contributed by atoms with E-state index in [4.69, 9.17) is 5.11 Å². The zero-order valence-corrected chi connectivity index (χ0v) is 12.1. The Morgan fingerprint density at radius 2 is 2.05 bits per heavy atom. The summed E-state index contributed by atoms with van der Waals surface area (Å²) in [6.45, 7) is 0. The van der Waals surface area contributed by atoms with Crippen LogP contribution in [-0.2, 0) is 0 Å². The van der Waals surface area contributed by atoms with E-state index < -0.39 is 5.97 Å². The fourth-order valence-corrected chi connectivity index (χ4v) is 3.17. The van der Waals surface area contributed by atoms with Gasteiger partial charge in [0.15, 0.2) is 5.16 Å². The molecule has 0 aliphatic heterocycles. The van der Waals surface area contributed by atoms with E-state index in [-0.39, 0.29) is 5.56 Å². The van der Waals surface area contributed by atoms with Gasteiger partial charge in [0.05, 0.1) is 5.56 Å². The molecule has 0 saturated heterocycles. The van der Waals surface area contributed by atoms with Crippen molar-refractivity contribution in [1.29, 1.82) is 0 Å². The molecule has 0 unspecified atom stereocenters. The van der Waals surface area contributed by atoms with Gasteiger partial charge in [-0.2, -0.15) is 0 Å². The number of pyridine rings is 1. The Morgan fingerprint density at radius 1 is 1.24 bits per heavy atom. The molecule has 2 aromatic heterocycles. The van der Waals surface area contributed by atoms with E-state index in [2.05, 4.69) is 19.7 Å². The maximum Gasteiger partial charge on any atom is 0.337 e. The first-order valence-corrected chi connectivity index (χ1v) is 7.86. The molecule has 0 aromatic carbocycles. The van der Waals surface area contributed by atoms with Crippen LogP contribution in [0.25, 0.3) is 0 Å². The van der Waals surface area contributed by atoms with E-state index in [1.165, 1.54) is 43.6 Å². The van der Waals surface area contributed by atoms with Crippen molar-refractivity contribution in [2.75, 3.05) is 0 Å². The summed E-state index contributed by atoms with van der Waals surface area (Å²) >= 11 is 1.45. The lowest BCUT2D eigenvalue weighted by Gasteiger charge is -2.07. The first-order chi connectivity index (χ1) is 10.2. The molecule has 0 radical (unpaired) electrons. The summed E-state index contributed by atoms with van der Waals surface area (Å²) in [5.41, 5.74) is 0.196. The molecule has 2 aliphatic rings. The average molecular weight is 302 g/mol. The molecule has 21 heavy (non-hydrogen) atoms. The zero-order chi connectivity index (χ0) is 14.4. The van der Waals surface area contributed by atoms with Gasteiger partial charge in [-0.25, -0.2) is 9.78 Å². The molecule has 0 bridgehead atoms. The fourth-order valence-electron chi connectivity index (χ4n) is 2.31. The summed E-state index contributed by atoms with van der Waals surface area (Å²) in [5.74, 6) is 0.730. The summed E-state index contributed by atoms with van der Waals surface area (Å²) in [4.78, 5) is 15.0. The van der Waals surface area contributed by atoms with Crippen LogP contribution in [0, 0.1) is 0 Å². The minimum absolute atomic E-state index is 0.196. The Morgan fingerprint density at radius 3 is 2.62 bits per heavy atom. The quantitative estimate of drug-likeness (QED) is 0.914. The molecule has 2 fully saturated rings. The predicted octanol–water partition coefficient (Wildman–Crippen LogP) is 2.73. The third-order valence-corrected chi connectivity index (χ3v) is 4.64. The van der Waals surface area contributed by atoms with Gasteiger partial charge in [-0.3, -0.25) is 0 Å². The van der Waals surface area contributed by atoms with Crippen LogP contribution in [0.2, 0.25) is 0 Å². The molecule has 0 amide bonds. The second-order valence-electron chi connectivity index (χ2n) is 5.51. The molecular formula is C14H14N4O2S. The van der Waals surface area contributed by atoms with Crippen molar-refractivity contribution >= 4 is 17.7 Å². The van der Waals surface area contributed by atoms with Crippen LogP contribution in [0.15, 0.2) is 28.5 Å². The number of hydrogen-bond acceptors (Lipinski definition) is 5. The molecule has 4 rings (SSSR count). The Balaban J connectivity index is 1.60. The molecule has 1 N–H and O–H groups in total. The second kappa shape index (κ2) is 4.84. The number of nitrogens with zero attached hydrogens (tertiary/aromatic N) is 4. The average Bonchev–Trinajstić information content (AvgIpc) is 3.39. The van der Waals surface area contributed by atoms with E-state index in [0.717, 1.165) is 16.0 Å². The molecule has 6 nitrogen and oxygen atoms in total. The molecule has 0 spiro atoms. The van der Waals surface area contributed by atoms with Crippen molar-refractivity contribution < 1.29 is 9.90 Å². The van der Waals surface area contributed by atoms with Gasteiger partial charge in [0.2, 0.25) is 0 Å². The van der Waals surface area contributed by atoms with Crippen molar-refractivity contribution in [3.63, 3.8) is 0 Å². The molecule has 7 heteroatoms. The molecule has 108 valence electrons.